The van der Waals surface area contributed by atoms with E-state index in [4.69, 9.17) is 4.74 Å². The maximum atomic E-state index is 11.8. The Balaban J connectivity index is 1.43. The van der Waals surface area contributed by atoms with Crippen LogP contribution in [0.15, 0.2) is 0 Å². The molecule has 5 rings (SSSR count). The average molecular weight is 477 g/mol. The second kappa shape index (κ2) is 7.45. The van der Waals surface area contributed by atoms with E-state index in [0.29, 0.717) is 11.8 Å². The van der Waals surface area contributed by atoms with Crippen LogP contribution in [0, 0.1) is 45.3 Å². The van der Waals surface area contributed by atoms with E-state index in [9.17, 15) is 15.3 Å². The van der Waals surface area contributed by atoms with E-state index >= 15 is 0 Å². The highest BCUT2D eigenvalue weighted by atomic mass is 16.6. The van der Waals surface area contributed by atoms with E-state index in [1.807, 2.05) is 6.92 Å². The van der Waals surface area contributed by atoms with Gasteiger partial charge in [0.1, 0.15) is 0 Å². The lowest BCUT2D eigenvalue weighted by Gasteiger charge is -2.70. The summed E-state index contributed by atoms with van der Waals surface area (Å²) in [4.78, 5) is 0. The summed E-state index contributed by atoms with van der Waals surface area (Å²) in [7, 11) is 0. The summed E-state index contributed by atoms with van der Waals surface area (Å²) in [6.45, 7) is 18.3. The van der Waals surface area contributed by atoms with Crippen LogP contribution in [-0.2, 0) is 4.74 Å². The van der Waals surface area contributed by atoms with Gasteiger partial charge < -0.3 is 20.1 Å². The summed E-state index contributed by atoms with van der Waals surface area (Å²) in [5.74, 6) is 1.25. The van der Waals surface area contributed by atoms with Crippen LogP contribution in [0.4, 0.5) is 0 Å². The Morgan fingerprint density at radius 1 is 0.853 bits per heavy atom. The molecule has 0 aromatic carbocycles. The van der Waals surface area contributed by atoms with Gasteiger partial charge in [0.15, 0.2) is 0 Å². The lowest BCUT2D eigenvalue weighted by atomic mass is 9.35. The molecule has 0 radical (unpaired) electrons. The fourth-order valence-electron chi connectivity index (χ4n) is 10.8. The summed E-state index contributed by atoms with van der Waals surface area (Å²) in [5.41, 5.74) is -0.536. The van der Waals surface area contributed by atoms with E-state index in [1.165, 1.54) is 12.8 Å². The fourth-order valence-corrected chi connectivity index (χ4v) is 10.8. The maximum Gasteiger partial charge on any atom is 0.0892 e. The number of ether oxygens (including phenoxy) is 1. The minimum atomic E-state index is -0.771. The van der Waals surface area contributed by atoms with Gasteiger partial charge in [0.05, 0.1) is 29.5 Å². The number of rotatable bonds is 4. The Morgan fingerprint density at radius 3 is 2.09 bits per heavy atom. The number of aliphatic hydroxyl groups excluding tert-OH is 2. The Labute approximate surface area is 208 Å². The Kier molecular flexibility index (Phi) is 5.59. The summed E-state index contributed by atoms with van der Waals surface area (Å²) < 4.78 is 5.80. The van der Waals surface area contributed by atoms with E-state index in [-0.39, 0.29) is 57.4 Å². The third kappa shape index (κ3) is 3.30. The zero-order valence-electron chi connectivity index (χ0n) is 23.2. The first-order valence-electron chi connectivity index (χ1n) is 14.3. The van der Waals surface area contributed by atoms with Crippen molar-refractivity contribution >= 4 is 0 Å². The summed E-state index contributed by atoms with van der Waals surface area (Å²) in [6.07, 6.45) is 8.55. The largest absolute Gasteiger partial charge is 0.393 e. The topological polar surface area (TPSA) is 73.2 Å². The van der Waals surface area contributed by atoms with Crippen molar-refractivity contribution in [1.82, 2.24) is 0 Å². The van der Waals surface area contributed by atoms with Crippen LogP contribution in [0.25, 0.3) is 0 Å². The fraction of sp³-hybridized carbons (Fsp3) is 1.00. The molecule has 0 aromatic heterocycles. The molecule has 3 N–H and O–H groups in total. The van der Waals surface area contributed by atoms with Gasteiger partial charge in [0, 0.05) is 0 Å². The van der Waals surface area contributed by atoms with Crippen LogP contribution in [0.3, 0.4) is 0 Å². The monoisotopic (exact) mass is 476 g/mol. The second-order valence-corrected chi connectivity index (χ2v) is 15.4. The molecule has 1 heterocycles. The van der Waals surface area contributed by atoms with Gasteiger partial charge >= 0.3 is 0 Å². The molecule has 5 fully saturated rings. The Hall–Kier alpha value is -0.160. The zero-order chi connectivity index (χ0) is 25.1. The minimum absolute atomic E-state index is 0.0352. The van der Waals surface area contributed by atoms with Crippen LogP contribution >= 0.6 is 0 Å². The molecule has 1 saturated heterocycles. The first-order valence-corrected chi connectivity index (χ1v) is 14.3. The van der Waals surface area contributed by atoms with Crippen LogP contribution in [-0.4, -0.2) is 44.8 Å². The Bertz CT molecular complexity index is 819. The SMILES string of the molecule is CC1(C)O[C@@H]1CC[C@](C)(O)[C@H]1CC[C@]2(C)[C@@H]1[C@H](O)C[C@@H]1[C@@]3(C)CC[C@H](O)C(C)(C)[C@@H]3CC[C@]12C. The molecular formula is C30H52O4. The quantitative estimate of drug-likeness (QED) is 0.454. The number of hydrogen-bond donors (Lipinski definition) is 3. The van der Waals surface area contributed by atoms with Gasteiger partial charge in [-0.3, -0.25) is 0 Å². The predicted molar refractivity (Wildman–Crippen MR) is 135 cm³/mol. The second-order valence-electron chi connectivity index (χ2n) is 15.4. The average Bonchev–Trinajstić information content (AvgIpc) is 3.15. The summed E-state index contributed by atoms with van der Waals surface area (Å²) in [5, 5.41) is 34.4. The maximum absolute atomic E-state index is 11.8. The smallest absolute Gasteiger partial charge is 0.0892 e. The lowest BCUT2D eigenvalue weighted by Crippen LogP contribution is -2.66. The third-order valence-electron chi connectivity index (χ3n) is 13.2. The molecule has 1 aliphatic heterocycles. The molecule has 196 valence electrons. The number of epoxide rings is 1. The highest BCUT2D eigenvalue weighted by Crippen LogP contribution is 2.75. The molecule has 0 aromatic rings. The number of hydrogen-bond acceptors (Lipinski definition) is 4. The van der Waals surface area contributed by atoms with Crippen molar-refractivity contribution in [2.45, 2.75) is 143 Å². The van der Waals surface area contributed by atoms with E-state index in [2.05, 4.69) is 48.5 Å². The predicted octanol–water partition coefficient (Wildman–Crippen LogP) is 5.71. The van der Waals surface area contributed by atoms with E-state index in [1.54, 1.807) is 0 Å². The molecular weight excluding hydrogens is 424 g/mol. The van der Waals surface area contributed by atoms with Crippen LogP contribution in [0.5, 0.6) is 0 Å². The van der Waals surface area contributed by atoms with Gasteiger partial charge in [-0.05, 0) is 124 Å². The molecule has 4 saturated carbocycles. The van der Waals surface area contributed by atoms with Crippen molar-refractivity contribution in [3.05, 3.63) is 0 Å². The highest BCUT2D eigenvalue weighted by Gasteiger charge is 2.71. The van der Waals surface area contributed by atoms with Crippen LogP contribution in [0.1, 0.15) is 113 Å². The van der Waals surface area contributed by atoms with Gasteiger partial charge in [-0.2, -0.15) is 0 Å². The van der Waals surface area contributed by atoms with Gasteiger partial charge in [0.2, 0.25) is 0 Å². The molecule has 5 aliphatic rings. The molecule has 0 amide bonds. The molecule has 0 bridgehead atoms. The van der Waals surface area contributed by atoms with Crippen molar-refractivity contribution in [2.75, 3.05) is 0 Å². The zero-order valence-corrected chi connectivity index (χ0v) is 23.2. The standard InChI is InChI=1S/C30H52O4/c1-25(2)20-10-15-28(6)21(27(20,5)13-11-22(25)32)17-19(31)24-18(9-14-29(24,28)7)30(8,33)16-12-23-26(3,4)34-23/h18-24,31-33H,9-17H2,1-8H3/t18-,19+,20-,21+,22-,23+,24-,27-,28+,29+,30-/m0/s1. The van der Waals surface area contributed by atoms with Crippen LogP contribution in [0.2, 0.25) is 0 Å². The Morgan fingerprint density at radius 2 is 1.47 bits per heavy atom. The van der Waals surface area contributed by atoms with E-state index in [0.717, 1.165) is 44.9 Å². The first-order chi connectivity index (χ1) is 15.5. The van der Waals surface area contributed by atoms with E-state index < -0.39 is 5.60 Å². The summed E-state index contributed by atoms with van der Waals surface area (Å²) >= 11 is 0. The van der Waals surface area contributed by atoms with Crippen LogP contribution < -0.4 is 0 Å². The van der Waals surface area contributed by atoms with Gasteiger partial charge in [0.25, 0.3) is 0 Å². The van der Waals surface area contributed by atoms with Crippen molar-refractivity contribution in [3.63, 3.8) is 0 Å². The summed E-state index contributed by atoms with van der Waals surface area (Å²) in [6, 6.07) is 0. The molecule has 11 atom stereocenters. The lowest BCUT2D eigenvalue weighted by molar-refractivity contribution is -0.246. The molecule has 0 unspecified atom stereocenters. The number of aliphatic hydroxyl groups is 3. The van der Waals surface area contributed by atoms with Crippen molar-refractivity contribution in [3.8, 4) is 0 Å². The van der Waals surface area contributed by atoms with Crippen molar-refractivity contribution < 1.29 is 20.1 Å². The first kappa shape index (κ1) is 25.5. The normalized spacial score (nSPS) is 55.0. The molecule has 4 heteroatoms. The van der Waals surface area contributed by atoms with Gasteiger partial charge in [-0.1, -0.05) is 34.6 Å². The number of fused-ring (bicyclic) bond motifs is 5. The van der Waals surface area contributed by atoms with Gasteiger partial charge in [-0.25, -0.2) is 0 Å². The van der Waals surface area contributed by atoms with Gasteiger partial charge in [-0.15, -0.1) is 0 Å². The van der Waals surface area contributed by atoms with Crippen molar-refractivity contribution in [1.29, 1.82) is 0 Å². The molecule has 34 heavy (non-hydrogen) atoms. The molecule has 4 aliphatic carbocycles. The van der Waals surface area contributed by atoms with Crippen molar-refractivity contribution in [2.24, 2.45) is 45.3 Å². The molecule has 0 spiro atoms. The minimum Gasteiger partial charge on any atom is -0.393 e. The molecule has 4 nitrogen and oxygen atoms in total. The highest BCUT2D eigenvalue weighted by molar-refractivity contribution is 5.20. The third-order valence-corrected chi connectivity index (χ3v) is 13.2.